The number of benzene rings is 1. The van der Waals surface area contributed by atoms with Gasteiger partial charge in [-0.15, -0.1) is 0 Å². The van der Waals surface area contributed by atoms with Crippen LogP contribution in [0.3, 0.4) is 0 Å². The summed E-state index contributed by atoms with van der Waals surface area (Å²) in [5.74, 6) is 0. The highest BCUT2D eigenvalue weighted by atomic mass is 16.6. The van der Waals surface area contributed by atoms with Crippen molar-refractivity contribution in [1.29, 1.82) is 0 Å². The van der Waals surface area contributed by atoms with Crippen LogP contribution in [-0.2, 0) is 9.47 Å². The van der Waals surface area contributed by atoms with Crippen molar-refractivity contribution in [3.05, 3.63) is 38.4 Å². The van der Waals surface area contributed by atoms with E-state index in [0.29, 0.717) is 19.8 Å². The zero-order valence-electron chi connectivity index (χ0n) is 11.8. The van der Waals surface area contributed by atoms with Gasteiger partial charge in [0, 0.05) is 12.6 Å². The van der Waals surface area contributed by atoms with Gasteiger partial charge in [0.25, 0.3) is 11.4 Å². The Morgan fingerprint density at radius 3 is 2.32 bits per heavy atom. The minimum absolute atomic E-state index is 0.0502. The van der Waals surface area contributed by atoms with E-state index in [1.54, 1.807) is 0 Å². The van der Waals surface area contributed by atoms with E-state index in [0.717, 1.165) is 6.07 Å². The molecule has 0 aliphatic rings. The van der Waals surface area contributed by atoms with E-state index in [4.69, 9.17) is 14.6 Å². The lowest BCUT2D eigenvalue weighted by atomic mass is 10.2. The standard InChI is InChI=1S/C12H17N3O7/c16-4-6-22-8-7-21-5-3-13-11-2-1-10(14(17)18)9-12(11)15(19)20/h1-2,9,13,16H,3-8H2. The summed E-state index contributed by atoms with van der Waals surface area (Å²) in [5, 5.41) is 32.8. The molecule has 1 rings (SSSR count). The second-order valence-electron chi connectivity index (χ2n) is 4.09. The van der Waals surface area contributed by atoms with Crippen LogP contribution in [0, 0.1) is 20.2 Å². The monoisotopic (exact) mass is 315 g/mol. The van der Waals surface area contributed by atoms with Crippen LogP contribution in [0.5, 0.6) is 0 Å². The second-order valence-corrected chi connectivity index (χ2v) is 4.09. The van der Waals surface area contributed by atoms with Crippen LogP contribution < -0.4 is 5.32 Å². The van der Waals surface area contributed by atoms with Crippen LogP contribution >= 0.6 is 0 Å². The average molecular weight is 315 g/mol. The summed E-state index contributed by atoms with van der Waals surface area (Å²) in [7, 11) is 0. The Balaban J connectivity index is 2.42. The molecule has 0 aromatic heterocycles. The van der Waals surface area contributed by atoms with Gasteiger partial charge in [-0.2, -0.15) is 0 Å². The summed E-state index contributed by atoms with van der Waals surface area (Å²) in [6.45, 7) is 1.47. The molecule has 1 aromatic rings. The summed E-state index contributed by atoms with van der Waals surface area (Å²) in [5.41, 5.74) is -0.509. The smallest absolute Gasteiger partial charge is 0.299 e. The Morgan fingerprint density at radius 2 is 1.73 bits per heavy atom. The fourth-order valence-electron chi connectivity index (χ4n) is 1.58. The number of rotatable bonds is 11. The van der Waals surface area contributed by atoms with E-state index < -0.39 is 9.85 Å². The Bertz CT molecular complexity index is 509. The normalized spacial score (nSPS) is 10.4. The molecule has 10 heteroatoms. The topological polar surface area (TPSA) is 137 Å². The molecule has 1 aromatic carbocycles. The maximum atomic E-state index is 10.9. The first-order valence-corrected chi connectivity index (χ1v) is 6.49. The number of nitro groups is 2. The minimum Gasteiger partial charge on any atom is -0.394 e. The van der Waals surface area contributed by atoms with E-state index in [2.05, 4.69) is 5.32 Å². The first-order chi connectivity index (χ1) is 10.6. The van der Waals surface area contributed by atoms with Crippen LogP contribution in [0.25, 0.3) is 0 Å². The molecule has 122 valence electrons. The second kappa shape index (κ2) is 9.60. The lowest BCUT2D eigenvalue weighted by Gasteiger charge is -2.08. The third-order valence-corrected chi connectivity index (χ3v) is 2.56. The molecule has 0 fully saturated rings. The van der Waals surface area contributed by atoms with Gasteiger partial charge in [-0.25, -0.2) is 0 Å². The number of non-ortho nitro benzene ring substituents is 1. The van der Waals surface area contributed by atoms with Gasteiger partial charge in [-0.3, -0.25) is 20.2 Å². The molecule has 10 nitrogen and oxygen atoms in total. The van der Waals surface area contributed by atoms with E-state index in [1.807, 2.05) is 0 Å². The quantitative estimate of drug-likeness (QED) is 0.349. The molecule has 0 amide bonds. The number of anilines is 1. The van der Waals surface area contributed by atoms with Crippen molar-refractivity contribution in [3.63, 3.8) is 0 Å². The zero-order chi connectivity index (χ0) is 16.4. The highest BCUT2D eigenvalue weighted by molar-refractivity contribution is 5.65. The van der Waals surface area contributed by atoms with Crippen molar-refractivity contribution < 1.29 is 24.4 Å². The largest absolute Gasteiger partial charge is 0.394 e. The minimum atomic E-state index is -0.688. The van der Waals surface area contributed by atoms with E-state index in [9.17, 15) is 20.2 Å². The number of aliphatic hydroxyl groups excluding tert-OH is 1. The molecule has 0 saturated carbocycles. The number of aliphatic hydroxyl groups is 1. The first kappa shape index (κ1) is 17.8. The molecular formula is C12H17N3O7. The van der Waals surface area contributed by atoms with Gasteiger partial charge >= 0.3 is 0 Å². The van der Waals surface area contributed by atoms with Crippen molar-refractivity contribution in [3.8, 4) is 0 Å². The molecule has 0 aliphatic heterocycles. The van der Waals surface area contributed by atoms with Gasteiger partial charge in [0.2, 0.25) is 0 Å². The van der Waals surface area contributed by atoms with E-state index in [1.165, 1.54) is 12.1 Å². The highest BCUT2D eigenvalue weighted by Crippen LogP contribution is 2.28. The number of hydrogen-bond donors (Lipinski definition) is 2. The molecular weight excluding hydrogens is 298 g/mol. The number of hydrogen-bond acceptors (Lipinski definition) is 8. The Morgan fingerprint density at radius 1 is 1.05 bits per heavy atom. The van der Waals surface area contributed by atoms with Gasteiger partial charge in [-0.1, -0.05) is 0 Å². The molecule has 0 spiro atoms. The highest BCUT2D eigenvalue weighted by Gasteiger charge is 2.18. The van der Waals surface area contributed by atoms with Gasteiger partial charge in [0.15, 0.2) is 0 Å². The predicted molar refractivity (Wildman–Crippen MR) is 77.0 cm³/mol. The SMILES string of the molecule is O=[N+]([O-])c1ccc(NCCOCCOCCO)c([N+](=O)[O-])c1. The molecule has 0 aliphatic carbocycles. The molecule has 0 saturated heterocycles. The Hall–Kier alpha value is -2.30. The van der Waals surface area contributed by atoms with Crippen molar-refractivity contribution in [2.45, 2.75) is 0 Å². The van der Waals surface area contributed by atoms with Crippen molar-refractivity contribution in [2.24, 2.45) is 0 Å². The first-order valence-electron chi connectivity index (χ1n) is 6.49. The third-order valence-electron chi connectivity index (χ3n) is 2.56. The van der Waals surface area contributed by atoms with Crippen molar-refractivity contribution >= 4 is 17.1 Å². The van der Waals surface area contributed by atoms with Gasteiger partial charge in [0.05, 0.1) is 48.9 Å². The summed E-state index contributed by atoms with van der Waals surface area (Å²) >= 11 is 0. The summed E-state index contributed by atoms with van der Waals surface area (Å²) < 4.78 is 10.2. The average Bonchev–Trinajstić information content (AvgIpc) is 2.49. The number of ether oxygens (including phenoxy) is 2. The lowest BCUT2D eigenvalue weighted by Crippen LogP contribution is -2.14. The van der Waals surface area contributed by atoms with Crippen LogP contribution in [0.1, 0.15) is 0 Å². The molecule has 0 atom stereocenters. The van der Waals surface area contributed by atoms with E-state index in [-0.39, 0.29) is 36.9 Å². The maximum absolute atomic E-state index is 10.9. The lowest BCUT2D eigenvalue weighted by molar-refractivity contribution is -0.393. The van der Waals surface area contributed by atoms with Crippen molar-refractivity contribution in [1.82, 2.24) is 0 Å². The molecule has 0 radical (unpaired) electrons. The third kappa shape index (κ3) is 5.99. The predicted octanol–water partition coefficient (Wildman–Crippen LogP) is 0.940. The van der Waals surface area contributed by atoms with Crippen molar-refractivity contribution in [2.75, 3.05) is 44.9 Å². The fraction of sp³-hybridized carbons (Fsp3) is 0.500. The Kier molecular flexibility index (Phi) is 7.75. The molecule has 22 heavy (non-hydrogen) atoms. The van der Waals surface area contributed by atoms with Crippen LogP contribution in [0.2, 0.25) is 0 Å². The van der Waals surface area contributed by atoms with Gasteiger partial charge in [0.1, 0.15) is 5.69 Å². The van der Waals surface area contributed by atoms with Crippen LogP contribution in [-0.4, -0.2) is 54.5 Å². The number of nitro benzene ring substituents is 2. The molecule has 0 unspecified atom stereocenters. The van der Waals surface area contributed by atoms with Gasteiger partial charge < -0.3 is 19.9 Å². The Labute approximate surface area is 125 Å². The summed E-state index contributed by atoms with van der Waals surface area (Å²) in [6, 6.07) is 3.39. The number of nitrogens with one attached hydrogen (secondary N) is 1. The van der Waals surface area contributed by atoms with E-state index >= 15 is 0 Å². The van der Waals surface area contributed by atoms with Gasteiger partial charge in [-0.05, 0) is 6.07 Å². The molecule has 0 bridgehead atoms. The van der Waals surface area contributed by atoms with Crippen LogP contribution in [0.4, 0.5) is 17.1 Å². The number of nitrogens with zero attached hydrogens (tertiary/aromatic N) is 2. The fourth-order valence-corrected chi connectivity index (χ4v) is 1.58. The van der Waals surface area contributed by atoms with Crippen LogP contribution in [0.15, 0.2) is 18.2 Å². The maximum Gasteiger partial charge on any atom is 0.299 e. The molecule has 0 heterocycles. The summed E-state index contributed by atoms with van der Waals surface area (Å²) in [4.78, 5) is 20.1. The summed E-state index contributed by atoms with van der Waals surface area (Å²) in [6.07, 6.45) is 0. The molecule has 2 N–H and O–H groups in total. The zero-order valence-corrected chi connectivity index (χ0v) is 11.8.